The molecule has 3 nitrogen and oxygen atoms in total. The third kappa shape index (κ3) is 6.45. The molecule has 0 aliphatic rings. The van der Waals surface area contributed by atoms with Gasteiger partial charge in [0.05, 0.1) is 5.75 Å². The van der Waals surface area contributed by atoms with Crippen LogP contribution in [-0.2, 0) is 13.7 Å². The first-order chi connectivity index (χ1) is 6.33. The molecule has 0 aliphatic heterocycles. The fourth-order valence-corrected chi connectivity index (χ4v) is 4.90. The topological polar surface area (TPSA) is 43.4 Å². The lowest BCUT2D eigenvalue weighted by Crippen LogP contribution is -2.15. The van der Waals surface area contributed by atoms with Crippen LogP contribution in [0.1, 0.15) is 19.8 Å². The minimum Gasteiger partial charge on any atom is -0.220 e. The van der Waals surface area contributed by atoms with Crippen molar-refractivity contribution in [2.24, 2.45) is 0 Å². The summed E-state index contributed by atoms with van der Waals surface area (Å²) in [6, 6.07) is 0. The highest BCUT2D eigenvalue weighted by Crippen LogP contribution is 2.42. The van der Waals surface area contributed by atoms with Crippen LogP contribution < -0.4 is 0 Å². The van der Waals surface area contributed by atoms with Crippen LogP contribution in [0.3, 0.4) is 0 Å². The van der Waals surface area contributed by atoms with Gasteiger partial charge in [0.2, 0.25) is 0 Å². The van der Waals surface area contributed by atoms with Gasteiger partial charge in [0, 0.05) is 5.75 Å². The van der Waals surface area contributed by atoms with Gasteiger partial charge in [-0.1, -0.05) is 19.4 Å². The Labute approximate surface area is 89.2 Å². The zero-order valence-electron chi connectivity index (χ0n) is 9.15. The van der Waals surface area contributed by atoms with E-state index in [0.717, 1.165) is 6.42 Å². The van der Waals surface area contributed by atoms with E-state index in [-0.39, 0.29) is 5.75 Å². The minimum absolute atomic E-state index is 0.122. The molecular formula is C9H20O3S2. The van der Waals surface area contributed by atoms with Gasteiger partial charge in [0.15, 0.2) is 0 Å². The van der Waals surface area contributed by atoms with Gasteiger partial charge in [-0.25, -0.2) is 3.63 Å². The third-order valence-electron chi connectivity index (χ3n) is 1.55. The molecule has 0 N–H and O–H groups in total. The Bertz CT molecular complexity index is 268. The smallest absolute Gasteiger partial charge is 0.220 e. The lowest BCUT2D eigenvalue weighted by atomic mass is 10.4. The molecule has 0 radical (unpaired) electrons. The van der Waals surface area contributed by atoms with Gasteiger partial charge in [-0.3, -0.25) is 0 Å². The van der Waals surface area contributed by atoms with Crippen LogP contribution in [0.5, 0.6) is 0 Å². The molecule has 0 aromatic carbocycles. The van der Waals surface area contributed by atoms with E-state index >= 15 is 0 Å². The summed E-state index contributed by atoms with van der Waals surface area (Å²) in [4.78, 5) is 0. The molecule has 5 heteroatoms. The number of hydrogen-bond donors (Lipinski definition) is 0. The summed E-state index contributed by atoms with van der Waals surface area (Å²) in [5.41, 5.74) is 0. The number of rotatable bonds is 7. The van der Waals surface area contributed by atoms with E-state index in [9.17, 15) is 8.42 Å². The third-order valence-corrected chi connectivity index (χ3v) is 5.69. The average Bonchev–Trinajstić information content (AvgIpc) is 1.98. The number of hydrogen-bond acceptors (Lipinski definition) is 3. The zero-order valence-corrected chi connectivity index (χ0v) is 10.8. The highest BCUT2D eigenvalue weighted by atomic mass is 32.3. The lowest BCUT2D eigenvalue weighted by molar-refractivity contribution is 0.509. The Balaban J connectivity index is 4.27. The predicted octanol–water partition coefficient (Wildman–Crippen LogP) is 2.30. The van der Waals surface area contributed by atoms with Crippen LogP contribution in [0, 0.1) is 0 Å². The van der Waals surface area contributed by atoms with Gasteiger partial charge in [0.1, 0.15) is 0 Å². The summed E-state index contributed by atoms with van der Waals surface area (Å²) in [7, 11) is -4.86. The summed E-state index contributed by atoms with van der Waals surface area (Å²) < 4.78 is 28.0. The van der Waals surface area contributed by atoms with Crippen molar-refractivity contribution in [3.05, 3.63) is 12.7 Å². The van der Waals surface area contributed by atoms with Crippen LogP contribution >= 0.6 is 10.3 Å². The normalized spacial score (nSPS) is 13.9. The molecule has 0 aromatic heterocycles. The molecule has 0 unspecified atom stereocenters. The molecule has 0 aromatic rings. The van der Waals surface area contributed by atoms with E-state index in [0.29, 0.717) is 12.2 Å². The molecule has 0 fully saturated rings. The molecule has 0 saturated heterocycles. The molecule has 0 atom stereocenters. The minimum atomic E-state index is -3.33. The standard InChI is InChI=1S/C9H20O3S2/c1-5-7-9-14(10,11)12-13(3,4)8-6-2/h6H,2,5,7-9H2,1,3-4H3. The maximum absolute atomic E-state index is 11.4. The predicted molar refractivity (Wildman–Crippen MR) is 64.3 cm³/mol. The van der Waals surface area contributed by atoms with Gasteiger partial charge in [-0.2, -0.15) is 8.42 Å². The molecule has 86 valence electrons. The van der Waals surface area contributed by atoms with E-state index in [1.807, 2.05) is 19.4 Å². The molecule has 0 rings (SSSR count). The largest absolute Gasteiger partial charge is 0.276 e. The SMILES string of the molecule is C=CCS(C)(C)OS(=O)(=O)CCCC. The quantitative estimate of drug-likeness (QED) is 0.641. The van der Waals surface area contributed by atoms with E-state index in [1.54, 1.807) is 6.08 Å². The van der Waals surface area contributed by atoms with Gasteiger partial charge < -0.3 is 0 Å². The van der Waals surface area contributed by atoms with Crippen molar-refractivity contribution < 1.29 is 12.0 Å². The van der Waals surface area contributed by atoms with E-state index in [2.05, 4.69) is 6.58 Å². The zero-order chi connectivity index (χ0) is 11.2. The van der Waals surface area contributed by atoms with Crippen molar-refractivity contribution in [3.63, 3.8) is 0 Å². The molecule has 0 amide bonds. The average molecular weight is 240 g/mol. The first-order valence-corrected chi connectivity index (χ1v) is 8.71. The van der Waals surface area contributed by atoms with Crippen molar-refractivity contribution in [1.29, 1.82) is 0 Å². The first kappa shape index (κ1) is 14.0. The second kappa shape index (κ2) is 5.78. The molecule has 0 spiro atoms. The highest BCUT2D eigenvalue weighted by molar-refractivity contribution is 8.32. The van der Waals surface area contributed by atoms with Crippen molar-refractivity contribution >= 4 is 20.4 Å². The monoisotopic (exact) mass is 240 g/mol. The fraction of sp³-hybridized carbons (Fsp3) is 0.778. The van der Waals surface area contributed by atoms with Gasteiger partial charge in [-0.15, -0.1) is 16.9 Å². The summed E-state index contributed by atoms with van der Waals surface area (Å²) in [6.45, 7) is 5.54. The molecule has 0 aliphatic carbocycles. The Hall–Kier alpha value is -0.0000000000000000555. The van der Waals surface area contributed by atoms with Gasteiger partial charge >= 0.3 is 0 Å². The number of unbranched alkanes of at least 4 members (excludes halogenated alkanes) is 1. The Morgan fingerprint density at radius 2 is 1.93 bits per heavy atom. The van der Waals surface area contributed by atoms with Crippen LogP contribution in [0.15, 0.2) is 12.7 Å². The second-order valence-corrected chi connectivity index (χ2v) is 8.85. The van der Waals surface area contributed by atoms with Crippen molar-refractivity contribution in [2.75, 3.05) is 24.0 Å². The van der Waals surface area contributed by atoms with E-state index in [4.69, 9.17) is 3.63 Å². The van der Waals surface area contributed by atoms with Crippen LogP contribution in [0.2, 0.25) is 0 Å². The maximum atomic E-state index is 11.4. The molecule has 0 heterocycles. The maximum Gasteiger partial charge on any atom is 0.276 e. The summed E-state index contributed by atoms with van der Waals surface area (Å²) in [5, 5.41) is 0. The summed E-state index contributed by atoms with van der Waals surface area (Å²) >= 11 is 0. The molecule has 0 saturated carbocycles. The Morgan fingerprint density at radius 1 is 1.36 bits per heavy atom. The van der Waals surface area contributed by atoms with Crippen LogP contribution in [0.25, 0.3) is 0 Å². The molecule has 14 heavy (non-hydrogen) atoms. The van der Waals surface area contributed by atoms with Crippen molar-refractivity contribution in [3.8, 4) is 0 Å². The molecule has 0 bridgehead atoms. The highest BCUT2D eigenvalue weighted by Gasteiger charge is 2.20. The van der Waals surface area contributed by atoms with Crippen LogP contribution in [0.4, 0.5) is 0 Å². The second-order valence-electron chi connectivity index (χ2n) is 3.58. The van der Waals surface area contributed by atoms with E-state index in [1.165, 1.54) is 0 Å². The van der Waals surface area contributed by atoms with Gasteiger partial charge in [0.25, 0.3) is 10.1 Å². The van der Waals surface area contributed by atoms with Crippen molar-refractivity contribution in [1.82, 2.24) is 0 Å². The van der Waals surface area contributed by atoms with Crippen LogP contribution in [-0.4, -0.2) is 32.4 Å². The van der Waals surface area contributed by atoms with E-state index < -0.39 is 20.4 Å². The van der Waals surface area contributed by atoms with Gasteiger partial charge in [-0.05, 0) is 18.9 Å². The fourth-order valence-electron chi connectivity index (χ4n) is 0.947. The summed E-state index contributed by atoms with van der Waals surface area (Å²) in [5.74, 6) is 0.732. The lowest BCUT2D eigenvalue weighted by Gasteiger charge is -2.28. The Kier molecular flexibility index (Phi) is 5.78. The first-order valence-electron chi connectivity index (χ1n) is 4.58. The molecular weight excluding hydrogens is 220 g/mol. The Morgan fingerprint density at radius 3 is 2.36 bits per heavy atom. The summed E-state index contributed by atoms with van der Waals surface area (Å²) in [6.07, 6.45) is 6.88. The van der Waals surface area contributed by atoms with Crippen molar-refractivity contribution in [2.45, 2.75) is 19.8 Å².